The molecular formula is C23H21F6N3S. The Kier molecular flexibility index (Phi) is 7.80. The molecule has 3 aromatic rings. The van der Waals surface area contributed by atoms with Gasteiger partial charge in [-0.3, -0.25) is 0 Å². The maximum atomic E-state index is 12.9. The Bertz CT molecular complexity index is 1040. The Morgan fingerprint density at radius 1 is 0.818 bits per heavy atom. The second kappa shape index (κ2) is 10.4. The van der Waals surface area contributed by atoms with E-state index in [1.807, 2.05) is 41.8 Å². The molecule has 0 radical (unpaired) electrons. The van der Waals surface area contributed by atoms with Crippen molar-refractivity contribution in [1.82, 2.24) is 5.32 Å². The van der Waals surface area contributed by atoms with E-state index in [1.54, 1.807) is 0 Å². The van der Waals surface area contributed by atoms with Gasteiger partial charge in [-0.2, -0.15) is 26.3 Å². The zero-order chi connectivity index (χ0) is 24.1. The number of nitrogens with one attached hydrogen (secondary N) is 1. The minimum atomic E-state index is -4.84. The fraction of sp³-hybridized carbons (Fsp3) is 0.261. The molecule has 0 saturated carbocycles. The predicted octanol–water partition coefficient (Wildman–Crippen LogP) is 6.20. The van der Waals surface area contributed by atoms with Crippen LogP contribution in [0.1, 0.15) is 27.1 Å². The van der Waals surface area contributed by atoms with Crippen LogP contribution in [0.25, 0.3) is 0 Å². The Morgan fingerprint density at radius 3 is 1.91 bits per heavy atom. The van der Waals surface area contributed by atoms with Crippen LogP contribution in [0.3, 0.4) is 0 Å². The molecule has 0 amide bonds. The van der Waals surface area contributed by atoms with E-state index in [1.165, 1.54) is 11.3 Å². The first-order valence-electron chi connectivity index (χ1n) is 9.98. The molecule has 176 valence electrons. The van der Waals surface area contributed by atoms with Crippen molar-refractivity contribution >= 4 is 22.9 Å². The predicted molar refractivity (Wildman–Crippen MR) is 118 cm³/mol. The fourth-order valence-corrected chi connectivity index (χ4v) is 3.74. The number of aliphatic imine (C=N–C) groups is 1. The smallest absolute Gasteiger partial charge is 0.383 e. The van der Waals surface area contributed by atoms with Crippen molar-refractivity contribution in [2.45, 2.75) is 25.2 Å². The van der Waals surface area contributed by atoms with Gasteiger partial charge in [-0.25, -0.2) is 4.99 Å². The third-order valence-electron chi connectivity index (χ3n) is 4.79. The third-order valence-corrected chi connectivity index (χ3v) is 5.68. The summed E-state index contributed by atoms with van der Waals surface area (Å²) >= 11 is 1.50. The van der Waals surface area contributed by atoms with Crippen LogP contribution < -0.4 is 11.1 Å². The summed E-state index contributed by atoms with van der Waals surface area (Å²) < 4.78 is 77.6. The van der Waals surface area contributed by atoms with E-state index >= 15 is 0 Å². The highest BCUT2D eigenvalue weighted by molar-refractivity contribution is 7.12. The molecule has 3 nitrogen and oxygen atoms in total. The Morgan fingerprint density at radius 2 is 1.39 bits per heavy atom. The number of nitrogens with zero attached hydrogens (tertiary/aromatic N) is 1. The van der Waals surface area contributed by atoms with Crippen molar-refractivity contribution in [3.63, 3.8) is 0 Å². The Hall–Kier alpha value is -2.85. The van der Waals surface area contributed by atoms with Crippen molar-refractivity contribution in [2.75, 3.05) is 13.1 Å². The highest BCUT2D eigenvalue weighted by Crippen LogP contribution is 2.36. The maximum absolute atomic E-state index is 12.9. The van der Waals surface area contributed by atoms with Crippen LogP contribution in [0.5, 0.6) is 0 Å². The van der Waals surface area contributed by atoms with Crippen molar-refractivity contribution in [3.05, 3.63) is 87.1 Å². The first-order chi connectivity index (χ1) is 15.5. The minimum Gasteiger partial charge on any atom is -0.383 e. The van der Waals surface area contributed by atoms with Crippen LogP contribution in [0.4, 0.5) is 32.0 Å². The van der Waals surface area contributed by atoms with Gasteiger partial charge in [-0.15, -0.1) is 11.3 Å². The lowest BCUT2D eigenvalue weighted by Crippen LogP contribution is -2.20. The highest BCUT2D eigenvalue weighted by atomic mass is 32.1. The van der Waals surface area contributed by atoms with Gasteiger partial charge < -0.3 is 11.1 Å². The summed E-state index contributed by atoms with van der Waals surface area (Å²) in [6.07, 6.45) is -8.99. The summed E-state index contributed by atoms with van der Waals surface area (Å²) in [6.45, 7) is 0.767. The van der Waals surface area contributed by atoms with E-state index in [0.717, 1.165) is 22.6 Å². The summed E-state index contributed by atoms with van der Waals surface area (Å²) in [5, 5.41) is 4.97. The van der Waals surface area contributed by atoms with Crippen LogP contribution in [0, 0.1) is 0 Å². The number of rotatable bonds is 8. The van der Waals surface area contributed by atoms with Crippen molar-refractivity contribution in [2.24, 2.45) is 10.7 Å². The molecule has 2 aromatic carbocycles. The van der Waals surface area contributed by atoms with Gasteiger partial charge in [0.25, 0.3) is 0 Å². The van der Waals surface area contributed by atoms with Crippen LogP contribution >= 0.6 is 11.3 Å². The topological polar surface area (TPSA) is 50.4 Å². The molecule has 1 heterocycles. The number of benzene rings is 2. The molecule has 0 aliphatic carbocycles. The normalized spacial score (nSPS) is 12.8. The number of hydrogen-bond donors (Lipinski definition) is 2. The quantitative estimate of drug-likeness (QED) is 0.173. The molecule has 0 aliphatic rings. The van der Waals surface area contributed by atoms with Crippen molar-refractivity contribution in [3.8, 4) is 0 Å². The Balaban J connectivity index is 1.51. The van der Waals surface area contributed by atoms with Gasteiger partial charge in [-0.05, 0) is 78.8 Å². The second-order valence-corrected chi connectivity index (χ2v) is 8.25. The number of amidine groups is 1. The van der Waals surface area contributed by atoms with E-state index in [9.17, 15) is 26.3 Å². The Labute approximate surface area is 191 Å². The molecule has 0 atom stereocenters. The SMILES string of the molecule is NC(=Nc1ccc(CCNCCc2cc(C(F)(F)F)cc(C(F)(F)F)c2)cc1)c1cccs1. The van der Waals surface area contributed by atoms with E-state index in [0.29, 0.717) is 24.5 Å². The molecule has 0 bridgehead atoms. The summed E-state index contributed by atoms with van der Waals surface area (Å²) in [5.41, 5.74) is 5.07. The molecule has 10 heteroatoms. The summed E-state index contributed by atoms with van der Waals surface area (Å²) in [6, 6.07) is 12.9. The van der Waals surface area contributed by atoms with Crippen LogP contribution in [0.2, 0.25) is 0 Å². The van der Waals surface area contributed by atoms with Crippen LogP contribution in [-0.4, -0.2) is 18.9 Å². The van der Waals surface area contributed by atoms with E-state index in [4.69, 9.17) is 5.73 Å². The number of thiophene rings is 1. The lowest BCUT2D eigenvalue weighted by molar-refractivity contribution is -0.143. The van der Waals surface area contributed by atoms with Gasteiger partial charge in [0.15, 0.2) is 0 Å². The summed E-state index contributed by atoms with van der Waals surface area (Å²) in [4.78, 5) is 5.24. The summed E-state index contributed by atoms with van der Waals surface area (Å²) in [5.74, 6) is 0.433. The van der Waals surface area contributed by atoms with Gasteiger partial charge in [0, 0.05) is 0 Å². The molecule has 0 spiro atoms. The average molecular weight is 485 g/mol. The maximum Gasteiger partial charge on any atom is 0.416 e. The largest absolute Gasteiger partial charge is 0.416 e. The molecular weight excluding hydrogens is 464 g/mol. The summed E-state index contributed by atoms with van der Waals surface area (Å²) in [7, 11) is 0. The van der Waals surface area contributed by atoms with Crippen molar-refractivity contribution < 1.29 is 26.3 Å². The van der Waals surface area contributed by atoms with E-state index in [2.05, 4.69) is 10.3 Å². The van der Waals surface area contributed by atoms with E-state index in [-0.39, 0.29) is 24.6 Å². The average Bonchev–Trinajstić information content (AvgIpc) is 3.28. The molecule has 3 N–H and O–H groups in total. The number of halogens is 6. The first-order valence-corrected chi connectivity index (χ1v) is 10.9. The third kappa shape index (κ3) is 7.33. The van der Waals surface area contributed by atoms with Gasteiger partial charge in [-0.1, -0.05) is 18.2 Å². The van der Waals surface area contributed by atoms with Gasteiger partial charge in [0.1, 0.15) is 5.84 Å². The molecule has 0 unspecified atom stereocenters. The zero-order valence-electron chi connectivity index (χ0n) is 17.3. The van der Waals surface area contributed by atoms with Crippen LogP contribution in [-0.2, 0) is 25.2 Å². The monoisotopic (exact) mass is 485 g/mol. The zero-order valence-corrected chi connectivity index (χ0v) is 18.1. The van der Waals surface area contributed by atoms with Gasteiger partial charge in [0.2, 0.25) is 0 Å². The molecule has 1 aromatic heterocycles. The molecule has 3 rings (SSSR count). The highest BCUT2D eigenvalue weighted by Gasteiger charge is 2.36. The molecule has 0 saturated heterocycles. The standard InChI is InChI=1S/C23H21F6N3S/c24-22(25,26)17-12-16(13-18(14-17)23(27,28)29)8-10-31-9-7-15-3-5-19(6-4-15)32-21(30)20-2-1-11-33-20/h1-6,11-14,31H,7-10H2,(H2,30,32). The molecule has 0 fully saturated rings. The van der Waals surface area contributed by atoms with E-state index < -0.39 is 23.5 Å². The lowest BCUT2D eigenvalue weighted by Gasteiger charge is -2.14. The lowest BCUT2D eigenvalue weighted by atomic mass is 10.0. The van der Waals surface area contributed by atoms with Gasteiger partial charge in [0.05, 0.1) is 21.7 Å². The first kappa shape index (κ1) is 24.8. The second-order valence-electron chi connectivity index (χ2n) is 7.30. The fourth-order valence-electron chi connectivity index (χ4n) is 3.11. The minimum absolute atomic E-state index is 0.0183. The van der Waals surface area contributed by atoms with Crippen molar-refractivity contribution in [1.29, 1.82) is 0 Å². The van der Waals surface area contributed by atoms with Crippen LogP contribution in [0.15, 0.2) is 65.0 Å². The number of nitrogens with two attached hydrogens (primary N) is 1. The molecule has 33 heavy (non-hydrogen) atoms. The van der Waals surface area contributed by atoms with Gasteiger partial charge >= 0.3 is 12.4 Å². The number of hydrogen-bond acceptors (Lipinski definition) is 3. The molecule has 0 aliphatic heterocycles. The number of alkyl halides is 6.